The summed E-state index contributed by atoms with van der Waals surface area (Å²) in [4.78, 5) is 20.4. The van der Waals surface area contributed by atoms with Gasteiger partial charge in [0.1, 0.15) is 31.2 Å². The van der Waals surface area contributed by atoms with Gasteiger partial charge < -0.3 is 24.6 Å². The van der Waals surface area contributed by atoms with Crippen LogP contribution in [0.25, 0.3) is 10.9 Å². The van der Waals surface area contributed by atoms with Crippen LogP contribution >= 0.6 is 11.6 Å². The van der Waals surface area contributed by atoms with Gasteiger partial charge in [-0.1, -0.05) is 25.4 Å². The van der Waals surface area contributed by atoms with E-state index in [4.69, 9.17) is 25.8 Å². The smallest absolute Gasteiger partial charge is 0.335 e. The molecule has 0 unspecified atom stereocenters. The van der Waals surface area contributed by atoms with Gasteiger partial charge in [-0.15, -0.1) is 0 Å². The summed E-state index contributed by atoms with van der Waals surface area (Å²) in [6.07, 6.45) is 0.552. The van der Waals surface area contributed by atoms with Crippen molar-refractivity contribution >= 4 is 40.0 Å². The van der Waals surface area contributed by atoms with Crippen LogP contribution in [0.3, 0.4) is 0 Å². The van der Waals surface area contributed by atoms with Crippen molar-refractivity contribution in [2.75, 3.05) is 25.6 Å². The summed E-state index contributed by atoms with van der Waals surface area (Å²) in [6.45, 7) is 3.82. The maximum Gasteiger partial charge on any atom is 0.335 e. The highest BCUT2D eigenvalue weighted by atomic mass is 35.5. The molecule has 3 rings (SSSR count). The number of hydrogen-bond acceptors (Lipinski definition) is 8. The molecular formula is C23H25ClFN3O5. The van der Waals surface area contributed by atoms with Gasteiger partial charge in [0.2, 0.25) is 0 Å². The van der Waals surface area contributed by atoms with Gasteiger partial charge in [0.15, 0.2) is 17.6 Å². The average Bonchev–Trinajstić information content (AvgIpc) is 2.78. The van der Waals surface area contributed by atoms with Crippen molar-refractivity contribution in [1.82, 2.24) is 9.97 Å². The number of anilines is 2. The fourth-order valence-electron chi connectivity index (χ4n) is 3.08. The number of benzene rings is 2. The van der Waals surface area contributed by atoms with Gasteiger partial charge in [0.25, 0.3) is 0 Å². The van der Waals surface area contributed by atoms with Crippen molar-refractivity contribution in [2.24, 2.45) is 5.92 Å². The third-order valence-electron chi connectivity index (χ3n) is 4.66. The lowest BCUT2D eigenvalue weighted by Crippen LogP contribution is -2.26. The zero-order chi connectivity index (χ0) is 24.0. The first-order valence-electron chi connectivity index (χ1n) is 10.3. The van der Waals surface area contributed by atoms with Gasteiger partial charge in [-0.2, -0.15) is 0 Å². The predicted molar refractivity (Wildman–Crippen MR) is 123 cm³/mol. The van der Waals surface area contributed by atoms with Crippen LogP contribution in [-0.4, -0.2) is 47.5 Å². The molecule has 3 aromatic rings. The van der Waals surface area contributed by atoms with Crippen molar-refractivity contribution in [3.8, 4) is 11.5 Å². The highest BCUT2D eigenvalue weighted by Crippen LogP contribution is 2.35. The monoisotopic (exact) mass is 477 g/mol. The minimum absolute atomic E-state index is 0.0166. The van der Waals surface area contributed by atoms with Gasteiger partial charge in [0, 0.05) is 17.1 Å². The van der Waals surface area contributed by atoms with Crippen LogP contribution in [0.2, 0.25) is 5.02 Å². The highest BCUT2D eigenvalue weighted by Gasteiger charge is 2.18. The van der Waals surface area contributed by atoms with E-state index in [-0.39, 0.29) is 24.2 Å². The third kappa shape index (κ3) is 6.43. The molecule has 10 heteroatoms. The molecule has 0 amide bonds. The molecule has 0 aliphatic carbocycles. The van der Waals surface area contributed by atoms with E-state index in [1.807, 2.05) is 13.8 Å². The Morgan fingerprint density at radius 2 is 1.97 bits per heavy atom. The number of aromatic nitrogens is 2. The van der Waals surface area contributed by atoms with Gasteiger partial charge in [-0.3, -0.25) is 0 Å². The maximum atomic E-state index is 13.5. The predicted octanol–water partition coefficient (Wildman–Crippen LogP) is 4.50. The number of ether oxygens (including phenoxy) is 3. The lowest BCUT2D eigenvalue weighted by Gasteiger charge is -2.15. The highest BCUT2D eigenvalue weighted by molar-refractivity contribution is 6.31. The summed E-state index contributed by atoms with van der Waals surface area (Å²) in [5.74, 6) is 0.241. The van der Waals surface area contributed by atoms with Gasteiger partial charge in [0.05, 0.1) is 17.6 Å². The Bertz CT molecular complexity index is 1130. The molecule has 2 N–H and O–H groups in total. The standard InChI is InChI=1S/C23H25ClFN3O5/c1-13(2)8-19(29)23(30)33-7-6-32-21-10-15-18(11-20(21)31-3)26-12-27-22(15)28-14-4-5-17(25)16(24)9-14/h4-5,9-13,19,29H,6-8H2,1-3H3,(H,26,27,28)/t19-/m0/s1. The maximum absolute atomic E-state index is 13.5. The Morgan fingerprint density at radius 3 is 2.67 bits per heavy atom. The van der Waals surface area contributed by atoms with E-state index in [1.165, 1.54) is 31.6 Å². The number of esters is 1. The SMILES string of the molecule is COc1cc2ncnc(Nc3ccc(F)c(Cl)c3)c2cc1OCCOC(=O)[C@@H](O)CC(C)C. The molecule has 0 bridgehead atoms. The van der Waals surface area contributed by atoms with E-state index in [2.05, 4.69) is 15.3 Å². The van der Waals surface area contributed by atoms with Gasteiger partial charge in [-0.05, 0) is 36.6 Å². The minimum atomic E-state index is -1.16. The van der Waals surface area contributed by atoms with Crippen LogP contribution < -0.4 is 14.8 Å². The largest absolute Gasteiger partial charge is 0.493 e. The number of aliphatic hydroxyl groups excluding tert-OH is 1. The lowest BCUT2D eigenvalue weighted by molar-refractivity contribution is -0.155. The Hall–Kier alpha value is -3.17. The molecule has 176 valence electrons. The third-order valence-corrected chi connectivity index (χ3v) is 4.94. The number of fused-ring (bicyclic) bond motifs is 1. The topological polar surface area (TPSA) is 103 Å². The van der Waals surface area contributed by atoms with Crippen LogP contribution in [0.5, 0.6) is 11.5 Å². The molecule has 0 fully saturated rings. The fraction of sp³-hybridized carbons (Fsp3) is 0.348. The molecule has 0 radical (unpaired) electrons. The summed E-state index contributed by atoms with van der Waals surface area (Å²) < 4.78 is 29.7. The molecule has 8 nitrogen and oxygen atoms in total. The summed E-state index contributed by atoms with van der Waals surface area (Å²) in [7, 11) is 1.50. The number of rotatable bonds is 10. The fourth-order valence-corrected chi connectivity index (χ4v) is 3.26. The summed E-state index contributed by atoms with van der Waals surface area (Å²) >= 11 is 5.86. The molecule has 1 atom stereocenters. The van der Waals surface area contributed by atoms with Crippen LogP contribution in [0.4, 0.5) is 15.9 Å². The Morgan fingerprint density at radius 1 is 1.18 bits per heavy atom. The zero-order valence-electron chi connectivity index (χ0n) is 18.5. The zero-order valence-corrected chi connectivity index (χ0v) is 19.2. The number of nitrogens with zero attached hydrogens (tertiary/aromatic N) is 2. The number of hydrogen-bond donors (Lipinski definition) is 2. The second-order valence-electron chi connectivity index (χ2n) is 7.66. The number of carbonyl (C=O) groups is 1. The number of aliphatic hydroxyl groups is 1. The van der Waals surface area contributed by atoms with Gasteiger partial charge >= 0.3 is 5.97 Å². The van der Waals surface area contributed by atoms with E-state index in [1.54, 1.807) is 12.1 Å². The van der Waals surface area contributed by atoms with Crippen LogP contribution in [0, 0.1) is 11.7 Å². The van der Waals surface area contributed by atoms with E-state index in [9.17, 15) is 14.3 Å². The Balaban J connectivity index is 1.74. The quantitative estimate of drug-likeness (QED) is 0.325. The number of carbonyl (C=O) groups excluding carboxylic acids is 1. The van der Waals surface area contributed by atoms with Crippen molar-refractivity contribution in [2.45, 2.75) is 26.4 Å². The van der Waals surface area contributed by atoms with Crippen LogP contribution in [0.1, 0.15) is 20.3 Å². The van der Waals surface area contributed by atoms with Crippen LogP contribution in [0.15, 0.2) is 36.7 Å². The first-order chi connectivity index (χ1) is 15.8. The molecule has 33 heavy (non-hydrogen) atoms. The van der Waals surface area contributed by atoms with Crippen molar-refractivity contribution in [3.63, 3.8) is 0 Å². The summed E-state index contributed by atoms with van der Waals surface area (Å²) in [6, 6.07) is 7.63. The molecule has 0 saturated heterocycles. The lowest BCUT2D eigenvalue weighted by atomic mass is 10.1. The molecule has 0 spiro atoms. The number of halogens is 2. The molecule has 1 aromatic heterocycles. The summed E-state index contributed by atoms with van der Waals surface area (Å²) in [5.41, 5.74) is 1.14. The van der Waals surface area contributed by atoms with Crippen molar-refractivity contribution in [1.29, 1.82) is 0 Å². The molecule has 0 saturated carbocycles. The minimum Gasteiger partial charge on any atom is -0.493 e. The van der Waals surface area contributed by atoms with E-state index < -0.39 is 17.9 Å². The Kier molecular flexibility index (Phi) is 8.24. The van der Waals surface area contributed by atoms with E-state index >= 15 is 0 Å². The van der Waals surface area contributed by atoms with Crippen LogP contribution in [-0.2, 0) is 9.53 Å². The normalized spacial score (nSPS) is 12.0. The first kappa shape index (κ1) is 24.5. The van der Waals surface area contributed by atoms with Gasteiger partial charge in [-0.25, -0.2) is 19.2 Å². The van der Waals surface area contributed by atoms with E-state index in [0.29, 0.717) is 40.3 Å². The second-order valence-corrected chi connectivity index (χ2v) is 8.06. The second kappa shape index (κ2) is 11.1. The molecule has 2 aromatic carbocycles. The van der Waals surface area contributed by atoms with E-state index in [0.717, 1.165) is 0 Å². The molecular weight excluding hydrogens is 453 g/mol. The Labute approximate surface area is 195 Å². The molecule has 0 aliphatic rings. The van der Waals surface area contributed by atoms with Crippen molar-refractivity contribution < 1.29 is 28.5 Å². The molecule has 1 heterocycles. The number of nitrogens with one attached hydrogen (secondary N) is 1. The average molecular weight is 478 g/mol. The number of methoxy groups -OCH3 is 1. The first-order valence-corrected chi connectivity index (χ1v) is 10.7. The van der Waals surface area contributed by atoms with Crippen molar-refractivity contribution in [3.05, 3.63) is 47.5 Å². The molecule has 0 aliphatic heterocycles. The summed E-state index contributed by atoms with van der Waals surface area (Å²) in [5, 5.41) is 13.5.